The number of rotatable bonds is 0. The van der Waals surface area contributed by atoms with E-state index in [1.807, 2.05) is 25.7 Å². The Morgan fingerprint density at radius 1 is 1.31 bits per heavy atom. The highest BCUT2D eigenvalue weighted by atomic mass is 16.6. The van der Waals surface area contributed by atoms with Crippen LogP contribution in [0, 0.1) is 11.8 Å². The maximum Gasteiger partial charge on any atom is 0.410 e. The van der Waals surface area contributed by atoms with Crippen molar-refractivity contribution in [2.24, 2.45) is 17.6 Å². The van der Waals surface area contributed by atoms with Crippen molar-refractivity contribution < 1.29 is 9.53 Å². The van der Waals surface area contributed by atoms with Gasteiger partial charge in [0.05, 0.1) is 0 Å². The second-order valence-electron chi connectivity index (χ2n) is 6.05. The molecule has 0 aromatic rings. The highest BCUT2D eigenvalue weighted by molar-refractivity contribution is 5.68. The van der Waals surface area contributed by atoms with E-state index in [2.05, 4.69) is 0 Å². The lowest BCUT2D eigenvalue weighted by Gasteiger charge is -2.25. The number of likely N-dealkylation sites (tertiary alicyclic amines) is 1. The van der Waals surface area contributed by atoms with E-state index in [1.54, 1.807) is 0 Å². The lowest BCUT2D eigenvalue weighted by molar-refractivity contribution is 0.0279. The highest BCUT2D eigenvalue weighted by Gasteiger charge is 2.43. The summed E-state index contributed by atoms with van der Waals surface area (Å²) in [7, 11) is 0. The third-order valence-electron chi connectivity index (χ3n) is 3.56. The normalized spacial score (nSPS) is 34.0. The van der Waals surface area contributed by atoms with Gasteiger partial charge in [-0.2, -0.15) is 0 Å². The van der Waals surface area contributed by atoms with Gasteiger partial charge in [0.25, 0.3) is 0 Å². The van der Waals surface area contributed by atoms with E-state index < -0.39 is 5.60 Å². The van der Waals surface area contributed by atoms with E-state index in [-0.39, 0.29) is 12.1 Å². The van der Waals surface area contributed by atoms with Crippen molar-refractivity contribution in [3.05, 3.63) is 0 Å². The fourth-order valence-electron chi connectivity index (χ4n) is 2.78. The Bertz CT molecular complexity index is 285. The molecule has 1 aliphatic heterocycles. The molecule has 1 saturated carbocycles. The smallest absolute Gasteiger partial charge is 0.410 e. The zero-order chi connectivity index (χ0) is 11.9. The number of nitrogens with two attached hydrogens (primary N) is 1. The van der Waals surface area contributed by atoms with Crippen molar-refractivity contribution in [2.45, 2.75) is 45.3 Å². The summed E-state index contributed by atoms with van der Waals surface area (Å²) in [5.74, 6) is 1.09. The molecule has 16 heavy (non-hydrogen) atoms. The fourth-order valence-corrected chi connectivity index (χ4v) is 2.78. The van der Waals surface area contributed by atoms with Crippen LogP contribution in [0.5, 0.6) is 0 Å². The number of carbonyl (C=O) groups excluding carboxylic acids is 1. The summed E-state index contributed by atoms with van der Waals surface area (Å²) < 4.78 is 5.37. The van der Waals surface area contributed by atoms with Gasteiger partial charge in [0.1, 0.15) is 5.60 Å². The minimum atomic E-state index is -0.406. The number of carbonyl (C=O) groups is 1. The van der Waals surface area contributed by atoms with Crippen LogP contribution >= 0.6 is 0 Å². The van der Waals surface area contributed by atoms with Crippen LogP contribution in [0.3, 0.4) is 0 Å². The maximum absolute atomic E-state index is 11.9. The molecule has 3 atom stereocenters. The Morgan fingerprint density at radius 3 is 2.56 bits per heavy atom. The average Bonchev–Trinajstić information content (AvgIpc) is 2.65. The first-order valence-corrected chi connectivity index (χ1v) is 6.10. The number of amides is 1. The molecule has 1 aliphatic carbocycles. The zero-order valence-corrected chi connectivity index (χ0v) is 10.4. The van der Waals surface area contributed by atoms with Crippen LogP contribution < -0.4 is 5.73 Å². The zero-order valence-electron chi connectivity index (χ0n) is 10.4. The Kier molecular flexibility index (Phi) is 2.86. The van der Waals surface area contributed by atoms with Crippen molar-refractivity contribution in [3.8, 4) is 0 Å². The van der Waals surface area contributed by atoms with E-state index in [9.17, 15) is 4.79 Å². The molecule has 1 saturated heterocycles. The van der Waals surface area contributed by atoms with Gasteiger partial charge in [0, 0.05) is 19.1 Å². The summed E-state index contributed by atoms with van der Waals surface area (Å²) in [4.78, 5) is 13.7. The summed E-state index contributed by atoms with van der Waals surface area (Å²) in [6, 6.07) is 0.275. The van der Waals surface area contributed by atoms with Gasteiger partial charge >= 0.3 is 6.09 Å². The molecule has 0 radical (unpaired) electrons. The second kappa shape index (κ2) is 3.91. The van der Waals surface area contributed by atoms with Gasteiger partial charge in [-0.3, -0.25) is 0 Å². The molecule has 0 unspecified atom stereocenters. The third kappa shape index (κ3) is 2.32. The van der Waals surface area contributed by atoms with Gasteiger partial charge in [-0.05, 0) is 45.4 Å². The second-order valence-corrected chi connectivity index (χ2v) is 6.05. The first-order valence-electron chi connectivity index (χ1n) is 6.10. The Labute approximate surface area is 97.1 Å². The van der Waals surface area contributed by atoms with E-state index in [0.717, 1.165) is 25.9 Å². The molecule has 0 aromatic heterocycles. The van der Waals surface area contributed by atoms with Crippen LogP contribution in [0.25, 0.3) is 0 Å². The molecule has 2 fully saturated rings. The van der Waals surface area contributed by atoms with Gasteiger partial charge in [-0.25, -0.2) is 4.79 Å². The fraction of sp³-hybridized carbons (Fsp3) is 0.917. The lowest BCUT2D eigenvalue weighted by atomic mass is 9.98. The molecule has 4 nitrogen and oxygen atoms in total. The predicted octanol–water partition coefficient (Wildman–Crippen LogP) is 1.59. The van der Waals surface area contributed by atoms with Gasteiger partial charge in [0.15, 0.2) is 0 Å². The van der Waals surface area contributed by atoms with Crippen molar-refractivity contribution in [1.29, 1.82) is 0 Å². The first-order chi connectivity index (χ1) is 7.37. The van der Waals surface area contributed by atoms with Crippen LogP contribution in [0.1, 0.15) is 33.6 Å². The maximum atomic E-state index is 11.9. The summed E-state index contributed by atoms with van der Waals surface area (Å²) in [5, 5.41) is 0. The van der Waals surface area contributed by atoms with Crippen LogP contribution in [-0.2, 0) is 4.74 Å². The van der Waals surface area contributed by atoms with Gasteiger partial charge < -0.3 is 15.4 Å². The Morgan fingerprint density at radius 2 is 2.00 bits per heavy atom. The van der Waals surface area contributed by atoms with Crippen molar-refractivity contribution in [3.63, 3.8) is 0 Å². The van der Waals surface area contributed by atoms with Crippen molar-refractivity contribution in [1.82, 2.24) is 4.90 Å². The molecule has 0 aromatic carbocycles. The van der Waals surface area contributed by atoms with Gasteiger partial charge in [-0.1, -0.05) is 0 Å². The van der Waals surface area contributed by atoms with Crippen molar-refractivity contribution >= 4 is 6.09 Å². The monoisotopic (exact) mass is 226 g/mol. The minimum Gasteiger partial charge on any atom is -0.444 e. The lowest BCUT2D eigenvalue weighted by Crippen LogP contribution is -2.37. The molecular weight excluding hydrogens is 204 g/mol. The van der Waals surface area contributed by atoms with Crippen LogP contribution in [0.4, 0.5) is 4.79 Å². The molecule has 92 valence electrons. The Hall–Kier alpha value is -0.770. The molecule has 2 N–H and O–H groups in total. The third-order valence-corrected chi connectivity index (χ3v) is 3.56. The standard InChI is InChI=1S/C12H22N2O2/c1-12(2,3)16-11(15)14-6-8-4-5-10(13)9(8)7-14/h8-10H,4-7,13H2,1-3H3/t8-,9+,10-/m0/s1. The predicted molar refractivity (Wildman–Crippen MR) is 62.0 cm³/mol. The molecule has 1 heterocycles. The van der Waals surface area contributed by atoms with Crippen LogP contribution in [-0.4, -0.2) is 35.7 Å². The summed E-state index contributed by atoms with van der Waals surface area (Å²) in [6.45, 7) is 7.29. The van der Waals surface area contributed by atoms with Crippen LogP contribution in [0.2, 0.25) is 0 Å². The minimum absolute atomic E-state index is 0.186. The van der Waals surface area contributed by atoms with Gasteiger partial charge in [-0.15, -0.1) is 0 Å². The topological polar surface area (TPSA) is 55.6 Å². The first kappa shape index (κ1) is 11.7. The number of hydrogen-bond acceptors (Lipinski definition) is 3. The quantitative estimate of drug-likeness (QED) is 0.682. The summed E-state index contributed by atoms with van der Waals surface area (Å²) >= 11 is 0. The number of ether oxygens (including phenoxy) is 1. The molecular formula is C12H22N2O2. The van der Waals surface area contributed by atoms with E-state index >= 15 is 0 Å². The van der Waals surface area contributed by atoms with E-state index in [4.69, 9.17) is 10.5 Å². The summed E-state index contributed by atoms with van der Waals surface area (Å²) in [5.41, 5.74) is 5.62. The molecule has 2 aliphatic rings. The molecule has 2 rings (SSSR count). The van der Waals surface area contributed by atoms with E-state index in [1.165, 1.54) is 0 Å². The van der Waals surface area contributed by atoms with E-state index in [0.29, 0.717) is 11.8 Å². The largest absolute Gasteiger partial charge is 0.444 e. The molecule has 0 spiro atoms. The average molecular weight is 226 g/mol. The number of fused-ring (bicyclic) bond motifs is 1. The SMILES string of the molecule is CC(C)(C)OC(=O)N1C[C@@H]2CC[C@H](N)[C@@H]2C1. The number of nitrogens with zero attached hydrogens (tertiary/aromatic N) is 1. The molecule has 1 amide bonds. The number of hydrogen-bond donors (Lipinski definition) is 1. The van der Waals surface area contributed by atoms with Crippen LogP contribution in [0.15, 0.2) is 0 Å². The van der Waals surface area contributed by atoms with Crippen molar-refractivity contribution in [2.75, 3.05) is 13.1 Å². The highest BCUT2D eigenvalue weighted by Crippen LogP contribution is 2.37. The Balaban J connectivity index is 1.92. The molecule has 4 heteroatoms. The van der Waals surface area contributed by atoms with Gasteiger partial charge in [0.2, 0.25) is 0 Å². The summed E-state index contributed by atoms with van der Waals surface area (Å²) in [6.07, 6.45) is 2.08. The molecule has 0 bridgehead atoms.